The van der Waals surface area contributed by atoms with Crippen molar-refractivity contribution in [3.05, 3.63) is 11.9 Å². The number of rotatable bonds is 6. The molecule has 2 rings (SSSR count). The SMILES string of the molecule is COc1ncnc(N2CCN(CCCCN)CC2)c1C. The van der Waals surface area contributed by atoms with Crippen LogP contribution >= 0.6 is 0 Å². The first-order valence-corrected chi connectivity index (χ1v) is 7.29. The molecule has 0 amide bonds. The molecule has 0 unspecified atom stereocenters. The normalized spacial score (nSPS) is 16.4. The van der Waals surface area contributed by atoms with Gasteiger partial charge in [0.05, 0.1) is 12.7 Å². The molecule has 20 heavy (non-hydrogen) atoms. The van der Waals surface area contributed by atoms with Crippen molar-refractivity contribution >= 4 is 5.82 Å². The highest BCUT2D eigenvalue weighted by atomic mass is 16.5. The smallest absolute Gasteiger partial charge is 0.221 e. The Labute approximate surface area is 120 Å². The molecule has 0 aliphatic carbocycles. The third kappa shape index (κ3) is 3.58. The number of ether oxygens (including phenoxy) is 1. The maximum atomic E-state index is 5.53. The van der Waals surface area contributed by atoms with Gasteiger partial charge in [-0.2, -0.15) is 0 Å². The third-order valence-corrected chi connectivity index (χ3v) is 3.80. The molecule has 1 aromatic rings. The second-order valence-electron chi connectivity index (χ2n) is 5.16. The predicted octanol–water partition coefficient (Wildman–Crippen LogP) is 0.655. The van der Waals surface area contributed by atoms with E-state index in [0.717, 1.165) is 57.1 Å². The van der Waals surface area contributed by atoms with Crippen LogP contribution in [0, 0.1) is 6.92 Å². The summed E-state index contributed by atoms with van der Waals surface area (Å²) in [7, 11) is 1.65. The van der Waals surface area contributed by atoms with E-state index in [1.807, 2.05) is 6.92 Å². The summed E-state index contributed by atoms with van der Waals surface area (Å²) in [6, 6.07) is 0. The fourth-order valence-electron chi connectivity index (χ4n) is 2.61. The average Bonchev–Trinajstić information content (AvgIpc) is 2.49. The van der Waals surface area contributed by atoms with Gasteiger partial charge in [0.25, 0.3) is 0 Å². The highest BCUT2D eigenvalue weighted by Gasteiger charge is 2.20. The molecule has 6 heteroatoms. The zero-order valence-corrected chi connectivity index (χ0v) is 12.5. The van der Waals surface area contributed by atoms with Crippen molar-refractivity contribution in [2.24, 2.45) is 5.73 Å². The van der Waals surface area contributed by atoms with Crippen LogP contribution in [-0.4, -0.2) is 61.2 Å². The summed E-state index contributed by atoms with van der Waals surface area (Å²) in [6.45, 7) is 8.12. The van der Waals surface area contributed by atoms with E-state index in [-0.39, 0.29) is 0 Å². The Balaban J connectivity index is 1.90. The lowest BCUT2D eigenvalue weighted by atomic mass is 10.2. The Morgan fingerprint density at radius 1 is 1.20 bits per heavy atom. The average molecular weight is 279 g/mol. The number of anilines is 1. The molecular formula is C14H25N5O. The topological polar surface area (TPSA) is 67.5 Å². The molecular weight excluding hydrogens is 254 g/mol. The summed E-state index contributed by atoms with van der Waals surface area (Å²) >= 11 is 0. The minimum absolute atomic E-state index is 0.667. The number of hydrogen-bond donors (Lipinski definition) is 1. The van der Waals surface area contributed by atoms with E-state index in [1.54, 1.807) is 13.4 Å². The van der Waals surface area contributed by atoms with E-state index in [0.29, 0.717) is 5.88 Å². The maximum absolute atomic E-state index is 5.53. The van der Waals surface area contributed by atoms with Crippen LogP contribution < -0.4 is 15.4 Å². The highest BCUT2D eigenvalue weighted by Crippen LogP contribution is 2.24. The molecule has 1 saturated heterocycles. The summed E-state index contributed by atoms with van der Waals surface area (Å²) in [5.74, 6) is 1.67. The quantitative estimate of drug-likeness (QED) is 0.771. The van der Waals surface area contributed by atoms with Gasteiger partial charge in [-0.3, -0.25) is 4.90 Å². The van der Waals surface area contributed by atoms with Crippen molar-refractivity contribution in [1.29, 1.82) is 0 Å². The van der Waals surface area contributed by atoms with E-state index in [4.69, 9.17) is 10.5 Å². The molecule has 0 atom stereocenters. The molecule has 2 heterocycles. The van der Waals surface area contributed by atoms with Crippen LogP contribution in [0.4, 0.5) is 5.82 Å². The van der Waals surface area contributed by atoms with Crippen LogP contribution in [0.5, 0.6) is 5.88 Å². The number of unbranched alkanes of at least 4 members (excludes halogenated alkanes) is 1. The number of methoxy groups -OCH3 is 1. The summed E-state index contributed by atoms with van der Waals surface area (Å²) in [6.07, 6.45) is 3.88. The van der Waals surface area contributed by atoms with Gasteiger partial charge in [0.1, 0.15) is 12.1 Å². The molecule has 0 saturated carbocycles. The minimum Gasteiger partial charge on any atom is -0.481 e. The number of hydrogen-bond acceptors (Lipinski definition) is 6. The molecule has 0 aromatic carbocycles. The summed E-state index contributed by atoms with van der Waals surface area (Å²) in [4.78, 5) is 13.4. The first-order chi connectivity index (χ1) is 9.76. The summed E-state index contributed by atoms with van der Waals surface area (Å²) in [5, 5.41) is 0. The van der Waals surface area contributed by atoms with Gasteiger partial charge in [-0.25, -0.2) is 9.97 Å². The summed E-state index contributed by atoms with van der Waals surface area (Å²) in [5.41, 5.74) is 6.55. The number of piperazine rings is 1. The van der Waals surface area contributed by atoms with E-state index < -0.39 is 0 Å². The second-order valence-corrected chi connectivity index (χ2v) is 5.16. The van der Waals surface area contributed by atoms with E-state index in [2.05, 4.69) is 19.8 Å². The Morgan fingerprint density at radius 2 is 1.95 bits per heavy atom. The minimum atomic E-state index is 0.667. The standard InChI is InChI=1S/C14H25N5O/c1-12-13(16-11-17-14(12)20-2)19-9-7-18(8-10-19)6-4-3-5-15/h11H,3-10,15H2,1-2H3. The zero-order chi connectivity index (χ0) is 14.4. The van der Waals surface area contributed by atoms with Crippen LogP contribution in [-0.2, 0) is 0 Å². The van der Waals surface area contributed by atoms with Crippen molar-refractivity contribution in [2.75, 3.05) is 51.3 Å². The lowest BCUT2D eigenvalue weighted by molar-refractivity contribution is 0.252. The van der Waals surface area contributed by atoms with Gasteiger partial charge in [-0.1, -0.05) is 0 Å². The highest BCUT2D eigenvalue weighted by molar-refractivity contribution is 5.50. The molecule has 1 aromatic heterocycles. The lowest BCUT2D eigenvalue weighted by Gasteiger charge is -2.36. The number of aromatic nitrogens is 2. The van der Waals surface area contributed by atoms with Crippen LogP contribution in [0.1, 0.15) is 18.4 Å². The Kier molecular flexibility index (Phi) is 5.55. The Morgan fingerprint density at radius 3 is 2.60 bits per heavy atom. The number of nitrogens with two attached hydrogens (primary N) is 1. The maximum Gasteiger partial charge on any atom is 0.221 e. The van der Waals surface area contributed by atoms with Gasteiger partial charge in [-0.15, -0.1) is 0 Å². The lowest BCUT2D eigenvalue weighted by Crippen LogP contribution is -2.47. The van der Waals surface area contributed by atoms with Crippen molar-refractivity contribution < 1.29 is 4.74 Å². The van der Waals surface area contributed by atoms with E-state index >= 15 is 0 Å². The van der Waals surface area contributed by atoms with Crippen LogP contribution in [0.25, 0.3) is 0 Å². The van der Waals surface area contributed by atoms with Gasteiger partial charge < -0.3 is 15.4 Å². The van der Waals surface area contributed by atoms with Crippen molar-refractivity contribution in [2.45, 2.75) is 19.8 Å². The van der Waals surface area contributed by atoms with Crippen molar-refractivity contribution in [3.8, 4) is 5.88 Å². The molecule has 2 N–H and O–H groups in total. The fraction of sp³-hybridized carbons (Fsp3) is 0.714. The first kappa shape index (κ1) is 15.0. The fourth-order valence-corrected chi connectivity index (χ4v) is 2.61. The molecule has 6 nitrogen and oxygen atoms in total. The largest absolute Gasteiger partial charge is 0.481 e. The molecule has 112 valence electrons. The second kappa shape index (κ2) is 7.40. The molecule has 1 fully saturated rings. The van der Waals surface area contributed by atoms with Gasteiger partial charge in [0.15, 0.2) is 0 Å². The van der Waals surface area contributed by atoms with Crippen LogP contribution in [0.2, 0.25) is 0 Å². The molecule has 1 aliphatic heterocycles. The van der Waals surface area contributed by atoms with Crippen LogP contribution in [0.3, 0.4) is 0 Å². The van der Waals surface area contributed by atoms with E-state index in [9.17, 15) is 0 Å². The molecule has 0 radical (unpaired) electrons. The van der Waals surface area contributed by atoms with Crippen molar-refractivity contribution in [3.63, 3.8) is 0 Å². The first-order valence-electron chi connectivity index (χ1n) is 7.29. The van der Waals surface area contributed by atoms with Gasteiger partial charge in [0, 0.05) is 26.2 Å². The molecule has 1 aliphatic rings. The van der Waals surface area contributed by atoms with Gasteiger partial charge in [-0.05, 0) is 32.9 Å². The summed E-state index contributed by atoms with van der Waals surface area (Å²) < 4.78 is 5.26. The van der Waals surface area contributed by atoms with Crippen molar-refractivity contribution in [1.82, 2.24) is 14.9 Å². The van der Waals surface area contributed by atoms with E-state index in [1.165, 1.54) is 6.42 Å². The monoisotopic (exact) mass is 279 g/mol. The van der Waals surface area contributed by atoms with Gasteiger partial charge in [0.2, 0.25) is 5.88 Å². The molecule has 0 bridgehead atoms. The molecule has 0 spiro atoms. The Hall–Kier alpha value is -1.40. The third-order valence-electron chi connectivity index (χ3n) is 3.80. The number of nitrogens with zero attached hydrogens (tertiary/aromatic N) is 4. The van der Waals surface area contributed by atoms with Crippen LogP contribution in [0.15, 0.2) is 6.33 Å². The predicted molar refractivity (Wildman–Crippen MR) is 80.3 cm³/mol. The Bertz CT molecular complexity index is 418. The van der Waals surface area contributed by atoms with Gasteiger partial charge >= 0.3 is 0 Å². The zero-order valence-electron chi connectivity index (χ0n) is 12.5.